The lowest BCUT2D eigenvalue weighted by Crippen LogP contribution is -2.17. The van der Waals surface area contributed by atoms with Crippen LogP contribution in [0.4, 0.5) is 8.78 Å². The molecule has 4 rings (SSSR count). The molecule has 0 atom stereocenters. The van der Waals surface area contributed by atoms with Gasteiger partial charge in [0, 0.05) is 43.7 Å². The Balaban J connectivity index is 1.58. The zero-order chi connectivity index (χ0) is 21.8. The molecule has 0 aliphatic carbocycles. The molecule has 0 N–H and O–H groups in total. The van der Waals surface area contributed by atoms with Gasteiger partial charge in [0.05, 0.1) is 12.3 Å². The lowest BCUT2D eigenvalue weighted by atomic mass is 9.95. The minimum atomic E-state index is -2.72. The molecule has 0 spiro atoms. The second-order valence-electron chi connectivity index (χ2n) is 7.70. The Bertz CT molecular complexity index is 1060. The number of Topliss-reactive ketones (excluding diaryl/α,β-unsaturated/α-hetero) is 1. The predicted molar refractivity (Wildman–Crippen MR) is 111 cm³/mol. The number of alkyl halides is 2. The fraction of sp³-hybridized carbons (Fsp3) is 0.435. The fourth-order valence-corrected chi connectivity index (χ4v) is 3.87. The monoisotopic (exact) mass is 429 g/mol. The highest BCUT2D eigenvalue weighted by Gasteiger charge is 2.19. The molecular formula is C23H25F2N3O3. The summed E-state index contributed by atoms with van der Waals surface area (Å²) in [5, 5.41) is 0. The van der Waals surface area contributed by atoms with Crippen LogP contribution < -0.4 is 4.74 Å². The molecule has 6 nitrogen and oxygen atoms in total. The Kier molecular flexibility index (Phi) is 6.56. The van der Waals surface area contributed by atoms with Crippen molar-refractivity contribution in [3.05, 3.63) is 59.3 Å². The quantitative estimate of drug-likeness (QED) is 0.495. The first-order valence-electron chi connectivity index (χ1n) is 10.5. The van der Waals surface area contributed by atoms with Crippen LogP contribution in [-0.4, -0.2) is 40.0 Å². The highest BCUT2D eigenvalue weighted by molar-refractivity contribution is 5.96. The number of carbonyl (C=O) groups is 1. The molecule has 164 valence electrons. The maximum absolute atomic E-state index is 12.9. The van der Waals surface area contributed by atoms with Crippen molar-refractivity contribution in [3.8, 4) is 5.75 Å². The molecule has 1 aliphatic heterocycles. The number of ether oxygens (including phenoxy) is 2. The van der Waals surface area contributed by atoms with Gasteiger partial charge in [-0.1, -0.05) is 6.07 Å². The Morgan fingerprint density at radius 2 is 2.06 bits per heavy atom. The molecule has 0 radical (unpaired) electrons. The van der Waals surface area contributed by atoms with Gasteiger partial charge in [-0.3, -0.25) is 4.79 Å². The number of hydrogen-bond acceptors (Lipinski definition) is 5. The molecule has 31 heavy (non-hydrogen) atoms. The van der Waals surface area contributed by atoms with Crippen molar-refractivity contribution in [2.75, 3.05) is 19.8 Å². The van der Waals surface area contributed by atoms with E-state index in [2.05, 4.69) is 4.98 Å². The van der Waals surface area contributed by atoms with E-state index < -0.39 is 12.1 Å². The fourth-order valence-electron chi connectivity index (χ4n) is 3.87. The zero-order valence-electron chi connectivity index (χ0n) is 17.4. The van der Waals surface area contributed by atoms with Crippen molar-refractivity contribution in [1.29, 1.82) is 0 Å². The van der Waals surface area contributed by atoms with E-state index >= 15 is 0 Å². The van der Waals surface area contributed by atoms with E-state index in [9.17, 15) is 13.6 Å². The van der Waals surface area contributed by atoms with E-state index in [1.54, 1.807) is 0 Å². The standard InChI is InChI=1S/C23H25F2N3O3/c1-2-31-21-12-22-26-17(10-15-6-8-30-9-7-15)14-28(22)13-16(21)11-20(29)18-4-3-5-19(27-18)23(24)25/h3-5,12-15,23H,2,6-11H2,1H3. The van der Waals surface area contributed by atoms with Gasteiger partial charge in [-0.2, -0.15) is 0 Å². The van der Waals surface area contributed by atoms with Crippen LogP contribution in [0.3, 0.4) is 0 Å². The van der Waals surface area contributed by atoms with Crippen LogP contribution in [0.15, 0.2) is 36.7 Å². The number of pyridine rings is 2. The van der Waals surface area contributed by atoms with E-state index in [1.165, 1.54) is 18.2 Å². The minimum Gasteiger partial charge on any atom is -0.493 e. The molecule has 3 aromatic rings. The molecule has 0 unspecified atom stereocenters. The van der Waals surface area contributed by atoms with Crippen molar-refractivity contribution in [3.63, 3.8) is 0 Å². The van der Waals surface area contributed by atoms with Crippen LogP contribution in [0.2, 0.25) is 0 Å². The number of nitrogens with zero attached hydrogens (tertiary/aromatic N) is 3. The van der Waals surface area contributed by atoms with Crippen molar-refractivity contribution < 1.29 is 23.0 Å². The molecule has 8 heteroatoms. The smallest absolute Gasteiger partial charge is 0.280 e. The number of rotatable bonds is 8. The first-order valence-corrected chi connectivity index (χ1v) is 10.5. The molecule has 0 bridgehead atoms. The van der Waals surface area contributed by atoms with Gasteiger partial charge in [0.25, 0.3) is 6.43 Å². The second kappa shape index (κ2) is 9.51. The first-order chi connectivity index (χ1) is 15.0. The molecule has 0 aromatic carbocycles. The second-order valence-corrected chi connectivity index (χ2v) is 7.70. The van der Waals surface area contributed by atoms with Crippen molar-refractivity contribution in [2.45, 2.75) is 39.0 Å². The summed E-state index contributed by atoms with van der Waals surface area (Å²) in [5.41, 5.74) is 2.02. The molecule has 0 amide bonds. The number of imidazole rings is 1. The minimum absolute atomic E-state index is 0.00155. The summed E-state index contributed by atoms with van der Waals surface area (Å²) in [5.74, 6) is 0.779. The van der Waals surface area contributed by atoms with E-state index in [-0.39, 0.29) is 17.9 Å². The number of ketones is 1. The molecule has 1 fully saturated rings. The van der Waals surface area contributed by atoms with Gasteiger partial charge >= 0.3 is 0 Å². The predicted octanol–water partition coefficient (Wildman–Crippen LogP) is 4.46. The van der Waals surface area contributed by atoms with Crippen LogP contribution in [0.5, 0.6) is 5.75 Å². The maximum Gasteiger partial charge on any atom is 0.280 e. The summed E-state index contributed by atoms with van der Waals surface area (Å²) >= 11 is 0. The molecule has 3 aromatic heterocycles. The Morgan fingerprint density at radius 1 is 1.26 bits per heavy atom. The van der Waals surface area contributed by atoms with Gasteiger partial charge in [0.2, 0.25) is 0 Å². The number of carbonyl (C=O) groups excluding carboxylic acids is 1. The summed E-state index contributed by atoms with van der Waals surface area (Å²) in [4.78, 5) is 21.3. The third-order valence-electron chi connectivity index (χ3n) is 5.45. The summed E-state index contributed by atoms with van der Waals surface area (Å²) < 4.78 is 38.9. The zero-order valence-corrected chi connectivity index (χ0v) is 17.4. The highest BCUT2D eigenvalue weighted by atomic mass is 19.3. The van der Waals surface area contributed by atoms with E-state index in [1.807, 2.05) is 29.8 Å². The van der Waals surface area contributed by atoms with E-state index in [0.29, 0.717) is 23.8 Å². The first kappa shape index (κ1) is 21.4. The third-order valence-corrected chi connectivity index (χ3v) is 5.45. The van der Waals surface area contributed by atoms with Crippen LogP contribution in [0.25, 0.3) is 5.65 Å². The summed E-state index contributed by atoms with van der Waals surface area (Å²) in [6.45, 7) is 3.89. The molecule has 1 aliphatic rings. The normalized spacial score (nSPS) is 15.0. The number of aromatic nitrogens is 3. The van der Waals surface area contributed by atoms with Gasteiger partial charge in [0.1, 0.15) is 22.8 Å². The molecule has 0 saturated carbocycles. The van der Waals surface area contributed by atoms with Crippen molar-refractivity contribution in [1.82, 2.24) is 14.4 Å². The van der Waals surface area contributed by atoms with E-state index in [4.69, 9.17) is 14.5 Å². The molecular weight excluding hydrogens is 404 g/mol. The van der Waals surface area contributed by atoms with Gasteiger partial charge in [-0.05, 0) is 44.2 Å². The Labute approximate surface area is 179 Å². The number of fused-ring (bicyclic) bond motifs is 1. The molecule has 1 saturated heterocycles. The van der Waals surface area contributed by atoms with Crippen molar-refractivity contribution >= 4 is 11.4 Å². The summed E-state index contributed by atoms with van der Waals surface area (Å²) in [7, 11) is 0. The topological polar surface area (TPSA) is 65.7 Å². The van der Waals surface area contributed by atoms with Gasteiger partial charge in [-0.25, -0.2) is 18.7 Å². The molecule has 4 heterocycles. The van der Waals surface area contributed by atoms with Crippen molar-refractivity contribution in [2.24, 2.45) is 5.92 Å². The maximum atomic E-state index is 12.9. The lowest BCUT2D eigenvalue weighted by molar-refractivity contribution is 0.0663. The summed E-state index contributed by atoms with van der Waals surface area (Å²) in [6, 6.07) is 5.91. The lowest BCUT2D eigenvalue weighted by Gasteiger charge is -2.20. The van der Waals surface area contributed by atoms with E-state index in [0.717, 1.165) is 43.8 Å². The number of hydrogen-bond donors (Lipinski definition) is 0. The van der Waals surface area contributed by atoms with Gasteiger partial charge in [-0.15, -0.1) is 0 Å². The third kappa shape index (κ3) is 5.07. The average Bonchev–Trinajstić information content (AvgIpc) is 3.15. The average molecular weight is 429 g/mol. The van der Waals surface area contributed by atoms with Crippen LogP contribution in [0.1, 0.15) is 53.6 Å². The van der Waals surface area contributed by atoms with Crippen LogP contribution in [-0.2, 0) is 17.6 Å². The highest BCUT2D eigenvalue weighted by Crippen LogP contribution is 2.25. The Morgan fingerprint density at radius 3 is 2.81 bits per heavy atom. The van der Waals surface area contributed by atoms with Crippen LogP contribution in [0, 0.1) is 5.92 Å². The SMILES string of the molecule is CCOc1cc2nc(CC3CCOCC3)cn2cc1CC(=O)c1cccc(C(F)F)n1. The largest absolute Gasteiger partial charge is 0.493 e. The Hall–Kier alpha value is -2.87. The van der Waals surface area contributed by atoms with Gasteiger partial charge in [0.15, 0.2) is 5.78 Å². The van der Waals surface area contributed by atoms with Crippen LogP contribution >= 0.6 is 0 Å². The van der Waals surface area contributed by atoms with Gasteiger partial charge < -0.3 is 13.9 Å². The summed E-state index contributed by atoms with van der Waals surface area (Å²) in [6.07, 6.45) is 4.03. The number of halogens is 2.